The number of carbonyl (C=O) groups excluding carboxylic acids is 4. The summed E-state index contributed by atoms with van der Waals surface area (Å²) in [6.07, 6.45) is 2.25. The Morgan fingerprint density at radius 1 is 0.895 bits per heavy atom. The SMILES string of the molecule is CC(=O)O[C@@H]1[C@H]2[C@@H](OC(=O)c3ccccc3)[C@@H](C)C[C@]2(OC(C)=O)C(=O)/C(C)=C/[C@@H]2[C@H](CC[C@H]1C)C2(C)C. The van der Waals surface area contributed by atoms with Gasteiger partial charge in [-0.25, -0.2) is 4.79 Å². The average molecular weight is 525 g/mol. The third kappa shape index (κ3) is 5.04. The van der Waals surface area contributed by atoms with E-state index in [-0.39, 0.29) is 35.4 Å². The molecule has 7 nitrogen and oxygen atoms in total. The Balaban J connectivity index is 1.86. The summed E-state index contributed by atoms with van der Waals surface area (Å²) in [6.45, 7) is 12.7. The summed E-state index contributed by atoms with van der Waals surface area (Å²) in [5.41, 5.74) is -0.665. The lowest BCUT2D eigenvalue weighted by Gasteiger charge is -2.41. The average Bonchev–Trinajstić information content (AvgIpc) is 3.24. The molecule has 0 heterocycles. The van der Waals surface area contributed by atoms with Gasteiger partial charge in [0.25, 0.3) is 0 Å². The number of benzene rings is 1. The second kappa shape index (κ2) is 10.3. The van der Waals surface area contributed by atoms with Gasteiger partial charge in [0.15, 0.2) is 5.60 Å². The highest BCUT2D eigenvalue weighted by atomic mass is 16.6. The first-order chi connectivity index (χ1) is 17.8. The van der Waals surface area contributed by atoms with Gasteiger partial charge in [-0.05, 0) is 66.6 Å². The van der Waals surface area contributed by atoms with Gasteiger partial charge < -0.3 is 14.2 Å². The fraction of sp³-hybridized carbons (Fsp3) is 0.613. The lowest BCUT2D eigenvalue weighted by molar-refractivity contribution is -0.185. The largest absolute Gasteiger partial charge is 0.462 e. The first-order valence-electron chi connectivity index (χ1n) is 13.7. The van der Waals surface area contributed by atoms with Crippen molar-refractivity contribution < 1.29 is 33.4 Å². The predicted molar refractivity (Wildman–Crippen MR) is 141 cm³/mol. The molecule has 0 bridgehead atoms. The van der Waals surface area contributed by atoms with Crippen molar-refractivity contribution in [1.82, 2.24) is 0 Å². The van der Waals surface area contributed by atoms with Crippen LogP contribution in [0.2, 0.25) is 0 Å². The number of ether oxygens (including phenoxy) is 3. The molecular weight excluding hydrogens is 484 g/mol. The first-order valence-corrected chi connectivity index (χ1v) is 13.7. The summed E-state index contributed by atoms with van der Waals surface area (Å²) >= 11 is 0. The Morgan fingerprint density at radius 2 is 1.53 bits per heavy atom. The number of fused-ring (bicyclic) bond motifs is 2. The van der Waals surface area contributed by atoms with E-state index in [1.54, 1.807) is 31.2 Å². The minimum absolute atomic E-state index is 0.0576. The predicted octanol–water partition coefficient (Wildman–Crippen LogP) is 5.32. The molecular formula is C31H40O7. The van der Waals surface area contributed by atoms with Crippen LogP contribution < -0.4 is 0 Å². The lowest BCUT2D eigenvalue weighted by atomic mass is 9.75. The summed E-state index contributed by atoms with van der Waals surface area (Å²) in [4.78, 5) is 52.5. The van der Waals surface area contributed by atoms with E-state index in [0.717, 1.165) is 12.8 Å². The fourth-order valence-electron chi connectivity index (χ4n) is 7.10. The number of allylic oxidation sites excluding steroid dienone is 1. The molecule has 206 valence electrons. The van der Waals surface area contributed by atoms with Crippen LogP contribution in [0.4, 0.5) is 0 Å². The highest BCUT2D eigenvalue weighted by Gasteiger charge is 2.65. The standard InChI is InChI=1S/C31H40O7/c1-17-13-14-23-24(30(23,6)7)15-18(2)28(34)31(38-21(5)33)16-19(3)27(25(31)26(17)36-20(4)32)37-29(35)22-11-9-8-10-12-22/h8-12,15,17,19,23-27H,13-14,16H2,1-7H3/b18-15+/t17-,19+,23+,24-,25+,26+,27+,31-/m1/s1. The minimum Gasteiger partial charge on any atom is -0.462 e. The van der Waals surface area contributed by atoms with Crippen LogP contribution in [0.3, 0.4) is 0 Å². The van der Waals surface area contributed by atoms with Gasteiger partial charge in [-0.3, -0.25) is 14.4 Å². The van der Waals surface area contributed by atoms with Crippen molar-refractivity contribution in [3.63, 3.8) is 0 Å². The molecule has 0 aromatic heterocycles. The van der Waals surface area contributed by atoms with Crippen molar-refractivity contribution >= 4 is 23.7 Å². The van der Waals surface area contributed by atoms with E-state index >= 15 is 0 Å². The number of hydrogen-bond acceptors (Lipinski definition) is 7. The van der Waals surface area contributed by atoms with Crippen LogP contribution in [-0.4, -0.2) is 41.5 Å². The topological polar surface area (TPSA) is 96.0 Å². The summed E-state index contributed by atoms with van der Waals surface area (Å²) in [6, 6.07) is 8.63. The molecule has 0 saturated heterocycles. The third-order valence-corrected chi connectivity index (χ3v) is 9.12. The molecule has 0 N–H and O–H groups in total. The number of esters is 3. The zero-order chi connectivity index (χ0) is 28.0. The normalized spacial score (nSPS) is 37.4. The van der Waals surface area contributed by atoms with Crippen LogP contribution in [0, 0.1) is 35.0 Å². The molecule has 0 amide bonds. The molecule has 0 aliphatic heterocycles. The molecule has 4 rings (SSSR count). The van der Waals surface area contributed by atoms with Crippen molar-refractivity contribution in [1.29, 1.82) is 0 Å². The highest BCUT2D eigenvalue weighted by molar-refractivity contribution is 6.03. The van der Waals surface area contributed by atoms with E-state index in [0.29, 0.717) is 17.1 Å². The highest BCUT2D eigenvalue weighted by Crippen LogP contribution is 2.62. The summed E-state index contributed by atoms with van der Waals surface area (Å²) in [5.74, 6) is -2.65. The maximum absolute atomic E-state index is 14.3. The van der Waals surface area contributed by atoms with Gasteiger partial charge in [0.05, 0.1) is 11.5 Å². The maximum atomic E-state index is 14.3. The molecule has 0 spiro atoms. The van der Waals surface area contributed by atoms with Gasteiger partial charge in [-0.15, -0.1) is 0 Å². The second-order valence-electron chi connectivity index (χ2n) is 12.2. The fourth-order valence-corrected chi connectivity index (χ4v) is 7.10. The quantitative estimate of drug-likeness (QED) is 0.389. The Labute approximate surface area is 225 Å². The van der Waals surface area contributed by atoms with E-state index < -0.39 is 41.6 Å². The third-order valence-electron chi connectivity index (χ3n) is 9.12. The van der Waals surface area contributed by atoms with Crippen molar-refractivity contribution in [2.75, 3.05) is 0 Å². The van der Waals surface area contributed by atoms with Gasteiger partial charge in [-0.2, -0.15) is 0 Å². The molecule has 3 aliphatic carbocycles. The number of ketones is 1. The van der Waals surface area contributed by atoms with Gasteiger partial charge in [0.2, 0.25) is 5.78 Å². The molecule has 1 aromatic carbocycles. The van der Waals surface area contributed by atoms with E-state index in [9.17, 15) is 19.2 Å². The van der Waals surface area contributed by atoms with Gasteiger partial charge >= 0.3 is 17.9 Å². The summed E-state index contributed by atoms with van der Waals surface area (Å²) < 4.78 is 18.0. The van der Waals surface area contributed by atoms with Crippen LogP contribution in [0.5, 0.6) is 0 Å². The van der Waals surface area contributed by atoms with Crippen LogP contribution in [0.15, 0.2) is 42.0 Å². The Bertz CT molecular complexity index is 1140. The Kier molecular flexibility index (Phi) is 7.61. The molecule has 0 radical (unpaired) electrons. The van der Waals surface area contributed by atoms with Crippen molar-refractivity contribution in [3.05, 3.63) is 47.5 Å². The second-order valence-corrected chi connectivity index (χ2v) is 12.2. The maximum Gasteiger partial charge on any atom is 0.338 e. The Morgan fingerprint density at radius 3 is 2.13 bits per heavy atom. The van der Waals surface area contributed by atoms with Gasteiger partial charge in [0, 0.05) is 20.3 Å². The van der Waals surface area contributed by atoms with Crippen LogP contribution in [-0.2, 0) is 28.6 Å². The van der Waals surface area contributed by atoms with E-state index in [1.165, 1.54) is 13.8 Å². The molecule has 8 atom stereocenters. The molecule has 3 aliphatic rings. The number of hydrogen-bond donors (Lipinski definition) is 0. The van der Waals surface area contributed by atoms with E-state index in [2.05, 4.69) is 13.8 Å². The summed E-state index contributed by atoms with van der Waals surface area (Å²) in [7, 11) is 0. The van der Waals surface area contributed by atoms with Crippen molar-refractivity contribution in [2.45, 2.75) is 85.5 Å². The summed E-state index contributed by atoms with van der Waals surface area (Å²) in [5, 5.41) is 0. The van der Waals surface area contributed by atoms with Crippen molar-refractivity contribution in [2.24, 2.45) is 35.0 Å². The zero-order valence-electron chi connectivity index (χ0n) is 23.5. The van der Waals surface area contributed by atoms with Crippen LogP contribution in [0.25, 0.3) is 0 Å². The number of Topliss-reactive ketones (excluding diaryl/α,β-unsaturated/α-hetero) is 1. The molecule has 7 heteroatoms. The molecule has 1 aromatic rings. The van der Waals surface area contributed by atoms with Crippen LogP contribution in [0.1, 0.15) is 78.1 Å². The van der Waals surface area contributed by atoms with E-state index in [1.807, 2.05) is 26.0 Å². The van der Waals surface area contributed by atoms with Crippen molar-refractivity contribution in [3.8, 4) is 0 Å². The molecule has 0 unspecified atom stereocenters. The van der Waals surface area contributed by atoms with E-state index in [4.69, 9.17) is 14.2 Å². The molecule has 2 saturated carbocycles. The minimum atomic E-state index is -1.62. The number of rotatable bonds is 4. The smallest absolute Gasteiger partial charge is 0.338 e. The van der Waals surface area contributed by atoms with Gasteiger partial charge in [-0.1, -0.05) is 52.0 Å². The van der Waals surface area contributed by atoms with Crippen LogP contribution >= 0.6 is 0 Å². The van der Waals surface area contributed by atoms with Gasteiger partial charge in [0.1, 0.15) is 12.2 Å². The molecule has 38 heavy (non-hydrogen) atoms. The molecule has 2 fully saturated rings. The zero-order valence-corrected chi connectivity index (χ0v) is 23.5. The monoisotopic (exact) mass is 524 g/mol. The Hall–Kier alpha value is -2.96. The lowest BCUT2D eigenvalue weighted by Crippen LogP contribution is -2.56. The number of carbonyl (C=O) groups is 4. The first kappa shape index (κ1) is 28.1.